The second-order valence-electron chi connectivity index (χ2n) is 22.7. The van der Waals surface area contributed by atoms with Crippen molar-refractivity contribution in [1.29, 1.82) is 0 Å². The third-order valence-corrected chi connectivity index (χ3v) is 20.3. The molecule has 4 aliphatic heterocycles. The van der Waals surface area contributed by atoms with Gasteiger partial charge >= 0.3 is 0 Å². The molecule has 0 aliphatic carbocycles. The zero-order chi connectivity index (χ0) is 55.6. The van der Waals surface area contributed by atoms with Gasteiger partial charge in [-0.1, -0.05) is 245 Å². The Balaban J connectivity index is 1.07. The normalized spacial score (nSPS) is 13.1. The summed E-state index contributed by atoms with van der Waals surface area (Å²) in [6, 6.07) is 95.9. The first-order chi connectivity index (χ1) is 41.3. The number of halogens is 4. The Labute approximate surface area is 521 Å². The van der Waals surface area contributed by atoms with Crippen LogP contribution in [0.1, 0.15) is 0 Å². The minimum absolute atomic E-state index is 0.0936. The number of hydrogen-bond acceptors (Lipinski definition) is 2. The summed E-state index contributed by atoms with van der Waals surface area (Å²) in [5, 5.41) is 7.77. The molecule has 84 heavy (non-hydrogen) atoms. The largest absolute Gasteiger partial charge is 0.311 e. The summed E-state index contributed by atoms with van der Waals surface area (Å²) in [7, 11) is 0. The second kappa shape index (κ2) is 18.6. The molecule has 0 N–H and O–H groups in total. The van der Waals surface area contributed by atoms with Crippen LogP contribution in [0.2, 0.25) is 0 Å². The quantitative estimate of drug-likeness (QED) is 0.121. The first-order valence-electron chi connectivity index (χ1n) is 28.5. The summed E-state index contributed by atoms with van der Waals surface area (Å²) in [5.41, 5.74) is 29.4. The van der Waals surface area contributed by atoms with Crippen molar-refractivity contribution in [3.05, 3.63) is 273 Å². The zero-order valence-corrected chi connectivity index (χ0v) is 51.2. The maximum absolute atomic E-state index is 4.18. The number of para-hydroxylation sites is 2. The van der Waals surface area contributed by atoms with Gasteiger partial charge in [-0.2, -0.15) is 0 Å². The van der Waals surface area contributed by atoms with Crippen molar-refractivity contribution in [3.8, 4) is 66.8 Å². The number of benzene rings is 14. The van der Waals surface area contributed by atoms with Crippen molar-refractivity contribution in [1.82, 2.24) is 0 Å². The molecule has 4 heterocycles. The van der Waals surface area contributed by atoms with Crippen LogP contribution < -0.4 is 42.6 Å². The van der Waals surface area contributed by atoms with Gasteiger partial charge in [-0.15, -0.1) is 0 Å². The van der Waals surface area contributed by atoms with Crippen LogP contribution in [-0.2, 0) is 0 Å². The van der Waals surface area contributed by atoms with E-state index in [4.69, 9.17) is 0 Å². The Morgan fingerprint density at radius 3 is 1.00 bits per heavy atom. The summed E-state index contributed by atoms with van der Waals surface area (Å²) < 4.78 is 4.17. The van der Waals surface area contributed by atoms with Crippen molar-refractivity contribution in [2.75, 3.05) is 9.80 Å². The van der Waals surface area contributed by atoms with Crippen LogP contribution >= 0.6 is 63.7 Å². The lowest BCUT2D eigenvalue weighted by molar-refractivity contribution is 1.29. The molecule has 8 heteroatoms. The van der Waals surface area contributed by atoms with Crippen LogP contribution in [0.5, 0.6) is 0 Å². The Bertz CT molecular complexity index is 4830. The van der Waals surface area contributed by atoms with E-state index in [1.807, 2.05) is 0 Å². The molecule has 0 atom stereocenters. The van der Waals surface area contributed by atoms with Crippen molar-refractivity contribution in [2.45, 2.75) is 0 Å². The predicted molar refractivity (Wildman–Crippen MR) is 372 cm³/mol. The molecule has 2 nitrogen and oxygen atoms in total. The predicted octanol–water partition coefficient (Wildman–Crippen LogP) is 18.9. The van der Waals surface area contributed by atoms with E-state index < -0.39 is 0 Å². The summed E-state index contributed by atoms with van der Waals surface area (Å²) in [4.78, 5) is 4.98. The van der Waals surface area contributed by atoms with E-state index in [0.717, 1.165) is 29.3 Å². The van der Waals surface area contributed by atoms with E-state index in [9.17, 15) is 0 Å². The van der Waals surface area contributed by atoms with E-state index in [1.54, 1.807) is 0 Å². The molecule has 0 saturated heterocycles. The fourth-order valence-electron chi connectivity index (χ4n) is 15.2. The second-order valence-corrected chi connectivity index (χ2v) is 26.3. The van der Waals surface area contributed by atoms with E-state index >= 15 is 0 Å². The molecule has 14 aromatic rings. The lowest BCUT2D eigenvalue weighted by Gasteiger charge is -2.42. The Kier molecular flexibility index (Phi) is 10.9. The smallest absolute Gasteiger partial charge is 0.248 e. The molecule has 4 aliphatic rings. The van der Waals surface area contributed by atoms with Gasteiger partial charge in [0.25, 0.3) is 0 Å². The maximum Gasteiger partial charge on any atom is 0.248 e. The monoisotopic (exact) mass is 1320 g/mol. The van der Waals surface area contributed by atoms with Gasteiger partial charge in [0, 0.05) is 52.0 Å². The highest BCUT2D eigenvalue weighted by Gasteiger charge is 2.46. The summed E-state index contributed by atoms with van der Waals surface area (Å²) in [6.45, 7) is -0.187. The number of anilines is 6. The molecule has 0 spiro atoms. The molecule has 0 aromatic heterocycles. The first kappa shape index (κ1) is 49.2. The topological polar surface area (TPSA) is 6.48 Å². The molecular formula is C76H42B2Br4N2. The van der Waals surface area contributed by atoms with Crippen LogP contribution in [0.3, 0.4) is 0 Å². The van der Waals surface area contributed by atoms with Crippen LogP contribution in [0.25, 0.3) is 99.1 Å². The lowest BCUT2D eigenvalue weighted by Crippen LogP contribution is -2.60. The van der Waals surface area contributed by atoms with Gasteiger partial charge in [0.1, 0.15) is 0 Å². The summed E-state index contributed by atoms with van der Waals surface area (Å²) in [5.74, 6) is 0. The van der Waals surface area contributed by atoms with Crippen LogP contribution in [0.4, 0.5) is 34.1 Å². The molecule has 0 unspecified atom stereocenters. The minimum atomic E-state index is -0.0936. The third kappa shape index (κ3) is 7.03. The van der Waals surface area contributed by atoms with Gasteiger partial charge in [0.15, 0.2) is 0 Å². The van der Waals surface area contributed by atoms with Crippen molar-refractivity contribution in [3.63, 3.8) is 0 Å². The van der Waals surface area contributed by atoms with Crippen molar-refractivity contribution in [2.24, 2.45) is 0 Å². The Morgan fingerprint density at radius 2 is 0.595 bits per heavy atom. The van der Waals surface area contributed by atoms with Gasteiger partial charge < -0.3 is 9.80 Å². The lowest BCUT2D eigenvalue weighted by atomic mass is 9.31. The van der Waals surface area contributed by atoms with Crippen molar-refractivity contribution >= 4 is 176 Å². The van der Waals surface area contributed by atoms with Crippen molar-refractivity contribution < 1.29 is 0 Å². The number of fused-ring (bicyclic) bond motifs is 8. The molecule has 0 amide bonds. The molecule has 0 bridgehead atoms. The Hall–Kier alpha value is -8.23. The summed E-state index contributed by atoms with van der Waals surface area (Å²) in [6.07, 6.45) is 0. The van der Waals surface area contributed by atoms with Gasteiger partial charge in [-0.05, 0) is 206 Å². The average molecular weight is 1320 g/mol. The van der Waals surface area contributed by atoms with Crippen LogP contribution in [0, 0.1) is 0 Å². The first-order valence-corrected chi connectivity index (χ1v) is 31.6. The molecule has 390 valence electrons. The molecular weight excluding hydrogens is 1280 g/mol. The van der Waals surface area contributed by atoms with Gasteiger partial charge in [0.05, 0.1) is 0 Å². The Morgan fingerprint density at radius 1 is 0.238 bits per heavy atom. The van der Waals surface area contributed by atoms with E-state index in [-0.39, 0.29) is 13.4 Å². The fourth-order valence-corrected chi connectivity index (χ4v) is 16.8. The van der Waals surface area contributed by atoms with Crippen LogP contribution in [0.15, 0.2) is 273 Å². The van der Waals surface area contributed by atoms with E-state index in [1.165, 1.54) is 155 Å². The highest BCUT2D eigenvalue weighted by Crippen LogP contribution is 2.54. The minimum Gasteiger partial charge on any atom is -0.311 e. The van der Waals surface area contributed by atoms with E-state index in [2.05, 4.69) is 328 Å². The average Bonchev–Trinajstić information content (AvgIpc) is 1.32. The highest BCUT2D eigenvalue weighted by atomic mass is 79.9. The SMILES string of the molecule is Brc1ccc2c(c1)N(c1ccccc1)c1cc(Br)cc3c1B2c1cc2c(-c4ccccc4-c4ccccc4)cc4c5c(cc6c(-c7ccccc7-c7ccccc7)cc-3c1c6c25)B1c2ccc(Br)cc2N(c2ccccc2)c2cc(Br)cc-4c21. The van der Waals surface area contributed by atoms with Gasteiger partial charge in [-0.3, -0.25) is 0 Å². The third-order valence-electron chi connectivity index (χ3n) is 18.4. The van der Waals surface area contributed by atoms with Gasteiger partial charge in [-0.25, -0.2) is 0 Å². The summed E-state index contributed by atoms with van der Waals surface area (Å²) >= 11 is 16.3. The van der Waals surface area contributed by atoms with E-state index in [0.29, 0.717) is 0 Å². The molecule has 14 aromatic carbocycles. The number of hydrogen-bond donors (Lipinski definition) is 0. The van der Waals surface area contributed by atoms with Crippen LogP contribution in [-0.4, -0.2) is 13.4 Å². The standard InChI is InChI=1S/C76H42B2Br4N2/c79-45-29-31-63-67(35-45)84(50-23-11-4-12-24-50)70-38-48(82)34-62-58-40-56(54-28-16-14-26-52(54)44-19-7-2-8-20-44)60-42-66-71-57(61-33-47(81)37-69-75(61)78(66)64-32-30-46(80)36-68(64)83(69)49-21-9-3-10-22-49)39-55(53-27-15-13-25-51(53)43-17-5-1-6-18-43)59-41-65(77(63)76(62)70)72(58)74(60)73(59)71/h1-42H. The molecule has 18 rings (SSSR count). The molecule has 0 radical (unpaired) electrons. The maximum atomic E-state index is 4.18. The molecule has 0 saturated carbocycles. The fraction of sp³-hybridized carbons (Fsp3) is 0. The zero-order valence-electron chi connectivity index (χ0n) is 44.8. The molecule has 0 fully saturated rings. The number of rotatable bonds is 6. The highest BCUT2D eigenvalue weighted by molar-refractivity contribution is 9.11. The number of nitrogens with zero attached hydrogens (tertiary/aromatic N) is 2. The van der Waals surface area contributed by atoms with Gasteiger partial charge in [0.2, 0.25) is 13.4 Å².